The van der Waals surface area contributed by atoms with Crippen LogP contribution in [0, 0.1) is 12.8 Å². The summed E-state index contributed by atoms with van der Waals surface area (Å²) in [6.45, 7) is 3.68. The largest absolute Gasteiger partial charge is 0.469 e. The van der Waals surface area contributed by atoms with Gasteiger partial charge in [0.2, 0.25) is 0 Å². The third-order valence-electron chi connectivity index (χ3n) is 2.55. The van der Waals surface area contributed by atoms with E-state index < -0.39 is 0 Å². The fourth-order valence-electron chi connectivity index (χ4n) is 1.70. The molecule has 1 aliphatic carbocycles. The fraction of sp³-hybridized carbons (Fsp3) is 0.500. The van der Waals surface area contributed by atoms with Gasteiger partial charge in [0.1, 0.15) is 11.5 Å². The molecule has 2 rings (SSSR count). The Bertz CT molecular complexity index is 311. The topological polar surface area (TPSA) is 30.2 Å². The van der Waals surface area contributed by atoms with Gasteiger partial charge in [0, 0.05) is 11.8 Å². The third-order valence-corrected chi connectivity index (χ3v) is 2.55. The van der Waals surface area contributed by atoms with Crippen molar-refractivity contribution in [2.75, 3.05) is 0 Å². The molecule has 0 saturated heterocycles. The number of Topliss-reactive ketones (excluding diaryl/α,β-unsaturated/α-hetero) is 1. The normalized spacial score (nSPS) is 27.2. The average molecular weight is 164 g/mol. The molecule has 1 heterocycles. The molecule has 0 N–H and O–H groups in total. The Labute approximate surface area is 71.6 Å². The van der Waals surface area contributed by atoms with Gasteiger partial charge in [-0.05, 0) is 31.9 Å². The highest BCUT2D eigenvalue weighted by Gasteiger charge is 2.44. The minimum Gasteiger partial charge on any atom is -0.469 e. The molecule has 0 aromatic carbocycles. The van der Waals surface area contributed by atoms with Crippen molar-refractivity contribution in [1.82, 2.24) is 0 Å². The lowest BCUT2D eigenvalue weighted by Crippen LogP contribution is -1.94. The fourth-order valence-corrected chi connectivity index (χ4v) is 1.70. The molecule has 2 unspecified atom stereocenters. The molecule has 1 aromatic rings. The first-order valence-corrected chi connectivity index (χ1v) is 4.24. The van der Waals surface area contributed by atoms with Gasteiger partial charge in [-0.1, -0.05) is 0 Å². The summed E-state index contributed by atoms with van der Waals surface area (Å²) in [4.78, 5) is 11.0. The third kappa shape index (κ3) is 1.07. The van der Waals surface area contributed by atoms with Gasteiger partial charge in [-0.15, -0.1) is 0 Å². The van der Waals surface area contributed by atoms with E-state index in [0.717, 1.165) is 12.2 Å². The second kappa shape index (κ2) is 2.47. The lowest BCUT2D eigenvalue weighted by molar-refractivity contribution is -0.118. The van der Waals surface area contributed by atoms with Crippen molar-refractivity contribution in [3.05, 3.63) is 23.7 Å². The van der Waals surface area contributed by atoms with Crippen molar-refractivity contribution < 1.29 is 9.21 Å². The van der Waals surface area contributed by atoms with Crippen LogP contribution in [-0.4, -0.2) is 5.78 Å². The molecule has 2 nitrogen and oxygen atoms in total. The summed E-state index contributed by atoms with van der Waals surface area (Å²) in [6.07, 6.45) is 2.67. The van der Waals surface area contributed by atoms with Gasteiger partial charge in [0.15, 0.2) is 0 Å². The number of hydrogen-bond donors (Lipinski definition) is 0. The Morgan fingerprint density at radius 3 is 2.83 bits per heavy atom. The standard InChI is InChI=1S/C10H12O2/c1-6-3-4-12-10(6)9-5-8(9)7(2)11/h3-4,8-9H,5H2,1-2H3. The molecule has 0 radical (unpaired) electrons. The molecule has 1 fully saturated rings. The summed E-state index contributed by atoms with van der Waals surface area (Å²) < 4.78 is 5.32. The molecule has 2 atom stereocenters. The number of carbonyl (C=O) groups is 1. The van der Waals surface area contributed by atoms with E-state index in [0.29, 0.717) is 5.92 Å². The molecular formula is C10H12O2. The van der Waals surface area contributed by atoms with Crippen molar-refractivity contribution in [3.8, 4) is 0 Å². The zero-order valence-electron chi connectivity index (χ0n) is 7.33. The van der Waals surface area contributed by atoms with Gasteiger partial charge in [-0.25, -0.2) is 0 Å². The lowest BCUT2D eigenvalue weighted by Gasteiger charge is -1.93. The predicted octanol–water partition coefficient (Wildman–Crippen LogP) is 2.28. The van der Waals surface area contributed by atoms with Gasteiger partial charge >= 0.3 is 0 Å². The summed E-state index contributed by atoms with van der Waals surface area (Å²) in [5, 5.41) is 0. The van der Waals surface area contributed by atoms with Gasteiger partial charge in [0.25, 0.3) is 0 Å². The van der Waals surface area contributed by atoms with E-state index in [4.69, 9.17) is 4.42 Å². The molecule has 12 heavy (non-hydrogen) atoms. The zero-order chi connectivity index (χ0) is 8.72. The van der Waals surface area contributed by atoms with Crippen molar-refractivity contribution in [1.29, 1.82) is 0 Å². The number of aryl methyl sites for hydroxylation is 1. The van der Waals surface area contributed by atoms with Crippen LogP contribution in [0.2, 0.25) is 0 Å². The van der Waals surface area contributed by atoms with E-state index in [9.17, 15) is 4.79 Å². The second-order valence-electron chi connectivity index (χ2n) is 3.53. The molecule has 1 saturated carbocycles. The Morgan fingerprint density at radius 2 is 2.42 bits per heavy atom. The maximum atomic E-state index is 11.0. The van der Waals surface area contributed by atoms with Crippen LogP contribution in [0.25, 0.3) is 0 Å². The van der Waals surface area contributed by atoms with E-state index in [2.05, 4.69) is 0 Å². The van der Waals surface area contributed by atoms with Crippen LogP contribution >= 0.6 is 0 Å². The zero-order valence-corrected chi connectivity index (χ0v) is 7.33. The molecule has 0 amide bonds. The van der Waals surface area contributed by atoms with Gasteiger partial charge in [-0.2, -0.15) is 0 Å². The SMILES string of the molecule is CC(=O)C1CC1c1occc1C. The van der Waals surface area contributed by atoms with Crippen molar-refractivity contribution in [2.24, 2.45) is 5.92 Å². The summed E-state index contributed by atoms with van der Waals surface area (Å²) in [7, 11) is 0. The maximum Gasteiger partial charge on any atom is 0.133 e. The van der Waals surface area contributed by atoms with E-state index in [1.165, 1.54) is 5.56 Å². The van der Waals surface area contributed by atoms with Crippen LogP contribution in [0.4, 0.5) is 0 Å². The first-order valence-electron chi connectivity index (χ1n) is 4.24. The molecule has 0 aliphatic heterocycles. The smallest absolute Gasteiger partial charge is 0.133 e. The quantitative estimate of drug-likeness (QED) is 0.671. The van der Waals surface area contributed by atoms with Crippen LogP contribution < -0.4 is 0 Å². The molecular weight excluding hydrogens is 152 g/mol. The molecule has 0 bridgehead atoms. The molecule has 64 valence electrons. The number of hydrogen-bond acceptors (Lipinski definition) is 2. The maximum absolute atomic E-state index is 11.0. The Morgan fingerprint density at radius 1 is 1.67 bits per heavy atom. The Balaban J connectivity index is 2.15. The van der Waals surface area contributed by atoms with E-state index in [-0.39, 0.29) is 11.7 Å². The number of ketones is 1. The highest BCUT2D eigenvalue weighted by molar-refractivity contribution is 5.82. The Kier molecular flexibility index (Phi) is 1.56. The minimum atomic E-state index is 0.231. The molecule has 1 aliphatic rings. The van der Waals surface area contributed by atoms with E-state index >= 15 is 0 Å². The summed E-state index contributed by atoms with van der Waals surface area (Å²) in [5.41, 5.74) is 1.17. The second-order valence-corrected chi connectivity index (χ2v) is 3.53. The lowest BCUT2D eigenvalue weighted by atomic mass is 10.1. The summed E-state index contributed by atoms with van der Waals surface area (Å²) >= 11 is 0. The highest BCUT2D eigenvalue weighted by atomic mass is 16.3. The summed E-state index contributed by atoms with van der Waals surface area (Å²) in [5.74, 6) is 1.90. The first kappa shape index (κ1) is 7.59. The van der Waals surface area contributed by atoms with E-state index in [1.807, 2.05) is 13.0 Å². The predicted molar refractivity (Wildman–Crippen MR) is 45.0 cm³/mol. The van der Waals surface area contributed by atoms with Crippen LogP contribution in [-0.2, 0) is 4.79 Å². The van der Waals surface area contributed by atoms with Crippen LogP contribution in [0.1, 0.15) is 30.6 Å². The molecule has 0 spiro atoms. The molecule has 1 aromatic heterocycles. The van der Waals surface area contributed by atoms with Crippen molar-refractivity contribution >= 4 is 5.78 Å². The van der Waals surface area contributed by atoms with Crippen molar-refractivity contribution in [3.63, 3.8) is 0 Å². The van der Waals surface area contributed by atoms with Crippen molar-refractivity contribution in [2.45, 2.75) is 26.2 Å². The van der Waals surface area contributed by atoms with Gasteiger partial charge in [-0.3, -0.25) is 4.79 Å². The van der Waals surface area contributed by atoms with Crippen LogP contribution in [0.15, 0.2) is 16.7 Å². The summed E-state index contributed by atoms with van der Waals surface area (Å²) in [6, 6.07) is 1.95. The van der Waals surface area contributed by atoms with Gasteiger partial charge < -0.3 is 4.42 Å². The minimum absolute atomic E-state index is 0.231. The number of furan rings is 1. The number of carbonyl (C=O) groups excluding carboxylic acids is 1. The monoisotopic (exact) mass is 164 g/mol. The van der Waals surface area contributed by atoms with Crippen LogP contribution in [0.3, 0.4) is 0 Å². The first-order chi connectivity index (χ1) is 5.70. The average Bonchev–Trinajstić information content (AvgIpc) is 2.70. The highest BCUT2D eigenvalue weighted by Crippen LogP contribution is 2.49. The Hall–Kier alpha value is -1.05. The molecule has 2 heteroatoms. The van der Waals surface area contributed by atoms with Gasteiger partial charge in [0.05, 0.1) is 6.26 Å². The van der Waals surface area contributed by atoms with E-state index in [1.54, 1.807) is 13.2 Å². The number of rotatable bonds is 2. The van der Waals surface area contributed by atoms with Crippen LogP contribution in [0.5, 0.6) is 0 Å².